The average molecular weight is 420 g/mol. The normalized spacial score (nSPS) is 16.9. The van der Waals surface area contributed by atoms with E-state index in [4.69, 9.17) is 10.00 Å². The number of nitrogens with zero attached hydrogens (tertiary/aromatic N) is 3. The number of aliphatic hydroxyl groups excluding tert-OH is 1. The molecule has 0 saturated carbocycles. The lowest BCUT2D eigenvalue weighted by molar-refractivity contribution is -0.121. The molecular formula is C22H20N4O3S. The molecule has 3 aromatic rings. The number of para-hydroxylation sites is 2. The number of anilines is 1. The molecule has 0 spiro atoms. The summed E-state index contributed by atoms with van der Waals surface area (Å²) in [7, 11) is 1.69. The third-order valence-electron chi connectivity index (χ3n) is 4.86. The number of nitriles is 1. The van der Waals surface area contributed by atoms with Gasteiger partial charge in [-0.2, -0.15) is 5.26 Å². The molecule has 8 heteroatoms. The van der Waals surface area contributed by atoms with Gasteiger partial charge in [0.1, 0.15) is 23.4 Å². The van der Waals surface area contributed by atoms with Gasteiger partial charge in [-0.15, -0.1) is 11.3 Å². The number of thiazole rings is 1. The summed E-state index contributed by atoms with van der Waals surface area (Å²) < 4.78 is 5.77. The van der Waals surface area contributed by atoms with Gasteiger partial charge in [0.15, 0.2) is 6.23 Å². The van der Waals surface area contributed by atoms with Crippen molar-refractivity contribution < 1.29 is 14.6 Å². The van der Waals surface area contributed by atoms with Gasteiger partial charge in [-0.1, -0.05) is 24.3 Å². The van der Waals surface area contributed by atoms with E-state index in [0.717, 1.165) is 10.4 Å². The van der Waals surface area contributed by atoms with Gasteiger partial charge in [0.25, 0.3) is 0 Å². The molecule has 0 bridgehead atoms. The van der Waals surface area contributed by atoms with Gasteiger partial charge in [-0.3, -0.25) is 10.1 Å². The monoisotopic (exact) mass is 420 g/mol. The molecule has 30 heavy (non-hydrogen) atoms. The van der Waals surface area contributed by atoms with Crippen molar-refractivity contribution in [3.63, 3.8) is 0 Å². The highest BCUT2D eigenvalue weighted by Gasteiger charge is 2.31. The summed E-state index contributed by atoms with van der Waals surface area (Å²) in [6.45, 7) is 0.108. The quantitative estimate of drug-likeness (QED) is 0.616. The smallest absolute Gasteiger partial charge is 0.247 e. The fourth-order valence-electron chi connectivity index (χ4n) is 3.32. The maximum atomic E-state index is 12.8. The van der Waals surface area contributed by atoms with Crippen LogP contribution in [0.25, 0.3) is 0 Å². The molecule has 2 heterocycles. The number of nitrogens with one attached hydrogen (secondary N) is 1. The van der Waals surface area contributed by atoms with Gasteiger partial charge in [0.05, 0.1) is 17.3 Å². The number of benzene rings is 2. The van der Waals surface area contributed by atoms with Crippen LogP contribution in [0, 0.1) is 11.3 Å². The molecule has 1 aromatic heterocycles. The Labute approximate surface area is 178 Å². The molecular weight excluding hydrogens is 400 g/mol. The van der Waals surface area contributed by atoms with Crippen molar-refractivity contribution in [3.05, 3.63) is 75.7 Å². The Hall–Kier alpha value is -3.25. The highest BCUT2D eigenvalue weighted by atomic mass is 32.1. The van der Waals surface area contributed by atoms with Crippen molar-refractivity contribution in [2.45, 2.75) is 18.7 Å². The summed E-state index contributed by atoms with van der Waals surface area (Å²) in [6, 6.07) is 16.1. The van der Waals surface area contributed by atoms with E-state index in [-0.39, 0.29) is 12.5 Å². The fourth-order valence-corrected chi connectivity index (χ4v) is 4.22. The molecule has 1 aliphatic rings. The van der Waals surface area contributed by atoms with Crippen molar-refractivity contribution >= 4 is 22.9 Å². The number of ether oxygens (including phenoxy) is 1. The number of likely N-dealkylation sites (N-methyl/N-ethyl adjacent to an activating group) is 1. The minimum absolute atomic E-state index is 0.108. The molecule has 0 saturated heterocycles. The van der Waals surface area contributed by atoms with Gasteiger partial charge in [-0.25, -0.2) is 4.98 Å². The van der Waals surface area contributed by atoms with Crippen LogP contribution in [0.5, 0.6) is 5.75 Å². The lowest BCUT2D eigenvalue weighted by Gasteiger charge is -2.22. The largest absolute Gasteiger partial charge is 0.489 e. The SMILES string of the molecule is CN1C(=O)[C@@H](NC(O)c2ncc(Cc3cccc(C#N)c3)s2)COc2ccccc21. The van der Waals surface area contributed by atoms with Gasteiger partial charge >= 0.3 is 0 Å². The Morgan fingerprint density at radius 2 is 2.20 bits per heavy atom. The topological polar surface area (TPSA) is 98.5 Å². The number of hydrogen-bond donors (Lipinski definition) is 2. The predicted octanol–water partition coefficient (Wildman–Crippen LogP) is 2.61. The molecule has 152 valence electrons. The van der Waals surface area contributed by atoms with Gasteiger partial charge in [-0.05, 0) is 29.8 Å². The zero-order valence-corrected chi connectivity index (χ0v) is 17.1. The van der Waals surface area contributed by atoms with E-state index in [1.165, 1.54) is 16.2 Å². The number of aliphatic hydroxyl groups is 1. The summed E-state index contributed by atoms with van der Waals surface area (Å²) in [5, 5.41) is 23.1. The first-order chi connectivity index (χ1) is 14.5. The van der Waals surface area contributed by atoms with Crippen LogP contribution in [-0.2, 0) is 11.2 Å². The summed E-state index contributed by atoms with van der Waals surface area (Å²) in [4.78, 5) is 19.6. The second-order valence-corrected chi connectivity index (χ2v) is 8.10. The van der Waals surface area contributed by atoms with Crippen LogP contribution in [0.1, 0.15) is 27.2 Å². The number of amides is 1. The first-order valence-corrected chi connectivity index (χ1v) is 10.2. The van der Waals surface area contributed by atoms with Crippen LogP contribution in [0.2, 0.25) is 0 Å². The van der Waals surface area contributed by atoms with E-state index in [0.29, 0.717) is 28.4 Å². The van der Waals surface area contributed by atoms with Gasteiger partial charge < -0.3 is 14.7 Å². The minimum Gasteiger partial charge on any atom is -0.489 e. The Morgan fingerprint density at radius 3 is 3.03 bits per heavy atom. The molecule has 1 unspecified atom stereocenters. The zero-order valence-electron chi connectivity index (χ0n) is 16.3. The second kappa shape index (κ2) is 8.63. The van der Waals surface area contributed by atoms with E-state index < -0.39 is 12.3 Å². The van der Waals surface area contributed by atoms with Crippen molar-refractivity contribution in [3.8, 4) is 11.8 Å². The Morgan fingerprint density at radius 1 is 1.37 bits per heavy atom. The van der Waals surface area contributed by atoms with Crippen LogP contribution >= 0.6 is 11.3 Å². The van der Waals surface area contributed by atoms with Crippen LogP contribution in [0.15, 0.2) is 54.7 Å². The lowest BCUT2D eigenvalue weighted by Crippen LogP contribution is -2.48. The molecule has 4 rings (SSSR count). The molecule has 7 nitrogen and oxygen atoms in total. The number of rotatable bonds is 5. The molecule has 2 aromatic carbocycles. The number of carbonyl (C=O) groups excluding carboxylic acids is 1. The van der Waals surface area contributed by atoms with E-state index in [1.54, 1.807) is 19.3 Å². The Bertz CT molecular complexity index is 1110. The molecule has 1 amide bonds. The maximum absolute atomic E-state index is 12.8. The fraction of sp³-hybridized carbons (Fsp3) is 0.227. The highest BCUT2D eigenvalue weighted by molar-refractivity contribution is 7.11. The lowest BCUT2D eigenvalue weighted by atomic mass is 10.1. The molecule has 0 fully saturated rings. The zero-order chi connectivity index (χ0) is 21.1. The summed E-state index contributed by atoms with van der Waals surface area (Å²) >= 11 is 1.36. The Balaban J connectivity index is 1.44. The third-order valence-corrected chi connectivity index (χ3v) is 5.91. The molecule has 2 atom stereocenters. The number of fused-ring (bicyclic) bond motifs is 1. The second-order valence-electron chi connectivity index (χ2n) is 6.95. The van der Waals surface area contributed by atoms with Gasteiger partial charge in [0.2, 0.25) is 5.91 Å². The molecule has 1 aliphatic heterocycles. The van der Waals surface area contributed by atoms with Crippen molar-refractivity contribution in [2.24, 2.45) is 0 Å². The van der Waals surface area contributed by atoms with Gasteiger partial charge in [0, 0.05) is 24.5 Å². The van der Waals surface area contributed by atoms with Crippen LogP contribution in [0.3, 0.4) is 0 Å². The van der Waals surface area contributed by atoms with Crippen molar-refractivity contribution in [2.75, 3.05) is 18.6 Å². The average Bonchev–Trinajstić information content (AvgIpc) is 3.20. The van der Waals surface area contributed by atoms with Crippen LogP contribution in [-0.4, -0.2) is 35.7 Å². The Kier molecular flexibility index (Phi) is 5.77. The molecule has 0 aliphatic carbocycles. The number of aromatic nitrogens is 1. The first-order valence-electron chi connectivity index (χ1n) is 9.42. The maximum Gasteiger partial charge on any atom is 0.247 e. The summed E-state index contributed by atoms with van der Waals surface area (Å²) in [5.41, 5.74) is 2.30. The summed E-state index contributed by atoms with van der Waals surface area (Å²) in [5.74, 6) is 0.437. The van der Waals surface area contributed by atoms with Crippen molar-refractivity contribution in [1.82, 2.24) is 10.3 Å². The van der Waals surface area contributed by atoms with Crippen LogP contribution in [0.4, 0.5) is 5.69 Å². The number of carbonyl (C=O) groups is 1. The van der Waals surface area contributed by atoms with E-state index >= 15 is 0 Å². The predicted molar refractivity (Wildman–Crippen MR) is 113 cm³/mol. The third kappa shape index (κ3) is 4.19. The first kappa shape index (κ1) is 20.0. The van der Waals surface area contributed by atoms with Crippen molar-refractivity contribution in [1.29, 1.82) is 5.26 Å². The summed E-state index contributed by atoms with van der Waals surface area (Å²) in [6.07, 6.45) is 1.22. The number of hydrogen-bond acceptors (Lipinski definition) is 7. The molecule has 2 N–H and O–H groups in total. The van der Waals surface area contributed by atoms with Crippen LogP contribution < -0.4 is 15.0 Å². The van der Waals surface area contributed by atoms with E-state index in [1.807, 2.05) is 42.5 Å². The van der Waals surface area contributed by atoms with E-state index in [9.17, 15) is 9.90 Å². The highest BCUT2D eigenvalue weighted by Crippen LogP contribution is 2.30. The minimum atomic E-state index is -1.10. The van der Waals surface area contributed by atoms with E-state index in [2.05, 4.69) is 16.4 Å². The molecule has 0 radical (unpaired) electrons. The standard InChI is InChI=1S/C22H20N4O3S/c1-26-18-7-2-3-8-19(18)29-13-17(22(26)28)25-20(27)21-24-12-16(30-21)10-14-5-4-6-15(9-14)11-23/h2-9,12,17,20,25,27H,10,13H2,1H3/t17-,20?/m0/s1.